The topological polar surface area (TPSA) is 78.5 Å². The number of aromatic amines is 1. The second-order valence-corrected chi connectivity index (χ2v) is 7.06. The minimum atomic E-state index is -0.262. The van der Waals surface area contributed by atoms with Crippen LogP contribution in [0.3, 0.4) is 0 Å². The van der Waals surface area contributed by atoms with Crippen molar-refractivity contribution in [2.24, 2.45) is 0 Å². The minimum absolute atomic E-state index is 0.0661. The normalized spacial score (nSPS) is 15.8. The molecule has 1 aromatic heterocycles. The lowest BCUT2D eigenvalue weighted by molar-refractivity contribution is 0.0744. The Kier molecular flexibility index (Phi) is 4.55. The van der Waals surface area contributed by atoms with Crippen molar-refractivity contribution in [1.29, 1.82) is 0 Å². The number of benzene rings is 2. The highest BCUT2D eigenvalue weighted by Gasteiger charge is 2.42. The Labute approximate surface area is 163 Å². The number of hydrogen-bond acceptors (Lipinski definition) is 4. The number of aromatic nitrogens is 2. The molecule has 2 heterocycles. The fraction of sp³-hybridized carbons (Fsp3) is 0.273. The third-order valence-electron chi connectivity index (χ3n) is 5.17. The highest BCUT2D eigenvalue weighted by Crippen LogP contribution is 2.44. The van der Waals surface area contributed by atoms with Gasteiger partial charge in [0.15, 0.2) is 0 Å². The molecule has 0 saturated carbocycles. The summed E-state index contributed by atoms with van der Waals surface area (Å²) in [7, 11) is 1.63. The van der Waals surface area contributed by atoms with Crippen LogP contribution in [0.25, 0.3) is 11.3 Å². The first-order valence-corrected chi connectivity index (χ1v) is 9.38. The molecule has 6 heteroatoms. The molecule has 0 aliphatic carbocycles. The summed E-state index contributed by atoms with van der Waals surface area (Å²) in [5.41, 5.74) is 4.54. The number of methoxy groups -OCH3 is 1. The number of phenols is 1. The van der Waals surface area contributed by atoms with E-state index in [2.05, 4.69) is 17.1 Å². The van der Waals surface area contributed by atoms with Gasteiger partial charge in [-0.2, -0.15) is 5.10 Å². The van der Waals surface area contributed by atoms with Gasteiger partial charge in [-0.05, 0) is 43.2 Å². The molecule has 4 rings (SSSR count). The summed E-state index contributed by atoms with van der Waals surface area (Å²) in [4.78, 5) is 14.9. The average molecular weight is 377 g/mol. The SMILES string of the molecule is CCCN1C(=O)c2[nH]nc(-c3cc(C)ccc3O)c2C1c1ccc(OC)cc1. The van der Waals surface area contributed by atoms with E-state index in [1.54, 1.807) is 13.2 Å². The van der Waals surface area contributed by atoms with Gasteiger partial charge in [0.05, 0.1) is 13.2 Å². The van der Waals surface area contributed by atoms with E-state index >= 15 is 0 Å². The molecule has 0 spiro atoms. The number of fused-ring (bicyclic) bond motifs is 1. The van der Waals surface area contributed by atoms with Gasteiger partial charge in [0.2, 0.25) is 0 Å². The molecule has 2 aromatic carbocycles. The van der Waals surface area contributed by atoms with Gasteiger partial charge in [0, 0.05) is 17.7 Å². The van der Waals surface area contributed by atoms with Gasteiger partial charge < -0.3 is 14.7 Å². The molecule has 1 aliphatic rings. The van der Waals surface area contributed by atoms with Crippen LogP contribution in [-0.4, -0.2) is 39.8 Å². The van der Waals surface area contributed by atoms with Gasteiger partial charge in [-0.15, -0.1) is 0 Å². The largest absolute Gasteiger partial charge is 0.507 e. The molecule has 1 unspecified atom stereocenters. The molecule has 2 N–H and O–H groups in total. The number of ether oxygens (including phenoxy) is 1. The molecule has 28 heavy (non-hydrogen) atoms. The summed E-state index contributed by atoms with van der Waals surface area (Å²) < 4.78 is 5.27. The maximum atomic E-state index is 13.1. The summed E-state index contributed by atoms with van der Waals surface area (Å²) in [6, 6.07) is 12.9. The standard InChI is InChI=1S/C22H23N3O3/c1-4-11-25-21(14-6-8-15(28-3)9-7-14)18-19(23-24-20(18)22(25)27)16-12-13(2)5-10-17(16)26/h5-10,12,21,26H,4,11H2,1-3H3,(H,23,24). The van der Waals surface area contributed by atoms with Gasteiger partial charge in [-0.25, -0.2) is 0 Å². The molecule has 1 amide bonds. The number of rotatable bonds is 5. The quantitative estimate of drug-likeness (QED) is 0.703. The van der Waals surface area contributed by atoms with E-state index < -0.39 is 0 Å². The maximum absolute atomic E-state index is 13.1. The lowest BCUT2D eigenvalue weighted by Gasteiger charge is -2.26. The predicted molar refractivity (Wildman–Crippen MR) is 107 cm³/mol. The van der Waals surface area contributed by atoms with Crippen LogP contribution in [-0.2, 0) is 0 Å². The Morgan fingerprint density at radius 1 is 1.21 bits per heavy atom. The Morgan fingerprint density at radius 3 is 2.64 bits per heavy atom. The maximum Gasteiger partial charge on any atom is 0.273 e. The number of aryl methyl sites for hydroxylation is 1. The van der Waals surface area contributed by atoms with Gasteiger partial charge in [-0.3, -0.25) is 9.89 Å². The monoisotopic (exact) mass is 377 g/mol. The molecule has 0 radical (unpaired) electrons. The first kappa shape index (κ1) is 18.1. The molecule has 0 bridgehead atoms. The van der Waals surface area contributed by atoms with Crippen LogP contribution in [0.5, 0.6) is 11.5 Å². The molecule has 0 saturated heterocycles. The van der Waals surface area contributed by atoms with Crippen molar-refractivity contribution >= 4 is 5.91 Å². The highest BCUT2D eigenvalue weighted by atomic mass is 16.5. The smallest absolute Gasteiger partial charge is 0.273 e. The van der Waals surface area contributed by atoms with E-state index in [9.17, 15) is 9.90 Å². The van der Waals surface area contributed by atoms with E-state index in [0.29, 0.717) is 23.5 Å². The van der Waals surface area contributed by atoms with Crippen LogP contribution in [0.15, 0.2) is 42.5 Å². The van der Waals surface area contributed by atoms with Crippen LogP contribution in [0, 0.1) is 6.92 Å². The number of amides is 1. The van der Waals surface area contributed by atoms with Crippen LogP contribution < -0.4 is 4.74 Å². The predicted octanol–water partition coefficient (Wildman–Crippen LogP) is 4.05. The Balaban J connectivity index is 1.90. The number of carbonyl (C=O) groups excluding carboxylic acids is 1. The lowest BCUT2D eigenvalue weighted by atomic mass is 9.95. The van der Waals surface area contributed by atoms with Crippen molar-refractivity contribution in [1.82, 2.24) is 15.1 Å². The number of aromatic hydroxyl groups is 1. The lowest BCUT2D eigenvalue weighted by Crippen LogP contribution is -2.30. The zero-order valence-electron chi connectivity index (χ0n) is 16.2. The molecule has 144 valence electrons. The molecular weight excluding hydrogens is 354 g/mol. The van der Waals surface area contributed by atoms with Crippen molar-refractivity contribution < 1.29 is 14.6 Å². The molecule has 1 aliphatic heterocycles. The Bertz CT molecular complexity index is 1020. The summed E-state index contributed by atoms with van der Waals surface area (Å²) in [6.07, 6.45) is 0.848. The third kappa shape index (κ3) is 2.81. The number of carbonyl (C=O) groups is 1. The number of phenolic OH excluding ortho intramolecular Hbond substituents is 1. The number of H-pyrrole nitrogens is 1. The van der Waals surface area contributed by atoms with E-state index in [1.165, 1.54) is 0 Å². The fourth-order valence-corrected chi connectivity index (χ4v) is 3.85. The molecule has 6 nitrogen and oxygen atoms in total. The number of nitrogens with zero attached hydrogens (tertiary/aromatic N) is 2. The second-order valence-electron chi connectivity index (χ2n) is 7.06. The first-order valence-electron chi connectivity index (χ1n) is 9.38. The Hall–Kier alpha value is -3.28. The number of hydrogen-bond donors (Lipinski definition) is 2. The highest BCUT2D eigenvalue weighted by molar-refractivity contribution is 6.00. The average Bonchev–Trinajstić information content (AvgIpc) is 3.24. The van der Waals surface area contributed by atoms with Crippen LogP contribution >= 0.6 is 0 Å². The van der Waals surface area contributed by atoms with Gasteiger partial charge >= 0.3 is 0 Å². The van der Waals surface area contributed by atoms with Crippen molar-refractivity contribution in [2.45, 2.75) is 26.3 Å². The summed E-state index contributed by atoms with van der Waals surface area (Å²) in [5, 5.41) is 17.8. The van der Waals surface area contributed by atoms with Crippen molar-refractivity contribution in [3.63, 3.8) is 0 Å². The van der Waals surface area contributed by atoms with E-state index in [-0.39, 0.29) is 17.7 Å². The van der Waals surface area contributed by atoms with Crippen molar-refractivity contribution in [3.05, 3.63) is 64.8 Å². The van der Waals surface area contributed by atoms with Crippen LogP contribution in [0.2, 0.25) is 0 Å². The van der Waals surface area contributed by atoms with E-state index in [0.717, 1.165) is 28.9 Å². The molecular formula is C22H23N3O3. The van der Waals surface area contributed by atoms with E-state index in [4.69, 9.17) is 4.74 Å². The van der Waals surface area contributed by atoms with Crippen LogP contribution in [0.4, 0.5) is 0 Å². The van der Waals surface area contributed by atoms with E-state index in [1.807, 2.05) is 48.2 Å². The van der Waals surface area contributed by atoms with Crippen LogP contribution in [0.1, 0.15) is 46.6 Å². The first-order chi connectivity index (χ1) is 13.5. The fourth-order valence-electron chi connectivity index (χ4n) is 3.85. The van der Waals surface area contributed by atoms with Gasteiger partial charge in [0.25, 0.3) is 5.91 Å². The Morgan fingerprint density at radius 2 is 1.96 bits per heavy atom. The molecule has 0 fully saturated rings. The zero-order chi connectivity index (χ0) is 19.8. The van der Waals surface area contributed by atoms with Gasteiger partial charge in [-0.1, -0.05) is 30.7 Å². The van der Waals surface area contributed by atoms with Crippen molar-refractivity contribution in [3.8, 4) is 22.8 Å². The van der Waals surface area contributed by atoms with Gasteiger partial charge in [0.1, 0.15) is 22.9 Å². The summed E-state index contributed by atoms with van der Waals surface area (Å²) in [6.45, 7) is 4.65. The zero-order valence-corrected chi connectivity index (χ0v) is 16.2. The summed E-state index contributed by atoms with van der Waals surface area (Å²) in [5.74, 6) is 0.845. The minimum Gasteiger partial charge on any atom is -0.507 e. The van der Waals surface area contributed by atoms with Crippen molar-refractivity contribution in [2.75, 3.05) is 13.7 Å². The third-order valence-corrected chi connectivity index (χ3v) is 5.17. The second kappa shape index (κ2) is 7.03. The molecule has 1 atom stereocenters. The molecule has 3 aromatic rings. The summed E-state index contributed by atoms with van der Waals surface area (Å²) >= 11 is 0. The number of nitrogens with one attached hydrogen (secondary N) is 1.